The number of thiazole rings is 1. The van der Waals surface area contributed by atoms with Crippen molar-refractivity contribution in [3.8, 4) is 11.3 Å². The van der Waals surface area contributed by atoms with Crippen molar-refractivity contribution < 1.29 is 32.6 Å². The smallest absolute Gasteiger partial charge is 0.331 e. The van der Waals surface area contributed by atoms with Crippen LogP contribution in [0.4, 0.5) is 18.3 Å². The van der Waals surface area contributed by atoms with Crippen molar-refractivity contribution in [1.82, 2.24) is 4.98 Å². The zero-order chi connectivity index (χ0) is 30.6. The summed E-state index contributed by atoms with van der Waals surface area (Å²) in [7, 11) is 1.57. The number of anilines is 1. The van der Waals surface area contributed by atoms with Gasteiger partial charge in [-0.15, -0.1) is 11.3 Å². The van der Waals surface area contributed by atoms with Crippen LogP contribution >= 0.6 is 11.3 Å². The van der Waals surface area contributed by atoms with E-state index in [0.29, 0.717) is 17.7 Å². The normalized spacial score (nSPS) is 12.4. The van der Waals surface area contributed by atoms with E-state index in [-0.39, 0.29) is 21.8 Å². The number of ether oxygens (including phenoxy) is 1. The number of nitrogens with zero attached hydrogens (tertiary/aromatic N) is 1. The van der Waals surface area contributed by atoms with Gasteiger partial charge < -0.3 is 9.84 Å². The Morgan fingerprint density at radius 1 is 1.05 bits per heavy atom. The summed E-state index contributed by atoms with van der Waals surface area (Å²) >= 11 is 1.04. The second-order valence-electron chi connectivity index (χ2n) is 10.2. The lowest BCUT2D eigenvalue weighted by atomic mass is 9.98. The Morgan fingerprint density at radius 2 is 1.69 bits per heavy atom. The van der Waals surface area contributed by atoms with Crippen molar-refractivity contribution >= 4 is 34.4 Å². The largest absolute Gasteiger partial charge is 0.478 e. The number of benzene rings is 2. The number of carbonyl (C=O) groups is 2. The van der Waals surface area contributed by atoms with Crippen LogP contribution in [-0.2, 0) is 9.53 Å². The molecule has 3 aromatic rings. The molecule has 42 heavy (non-hydrogen) atoms. The van der Waals surface area contributed by atoms with Gasteiger partial charge in [-0.2, -0.15) is 0 Å². The molecule has 0 saturated carbocycles. The third-order valence-electron chi connectivity index (χ3n) is 7.02. The van der Waals surface area contributed by atoms with Gasteiger partial charge in [-0.05, 0) is 37.6 Å². The monoisotopic (exact) mass is 602 g/mol. The van der Waals surface area contributed by atoms with Gasteiger partial charge >= 0.3 is 5.97 Å². The minimum absolute atomic E-state index is 0.119. The van der Waals surface area contributed by atoms with E-state index in [9.17, 15) is 18.4 Å². The number of halogens is 3. The third-order valence-corrected chi connectivity index (χ3v) is 7.78. The highest BCUT2D eigenvalue weighted by Gasteiger charge is 2.21. The van der Waals surface area contributed by atoms with Gasteiger partial charge in [-0.3, -0.25) is 10.1 Å². The number of rotatable bonds is 16. The summed E-state index contributed by atoms with van der Waals surface area (Å²) in [5.74, 6) is -4.76. The maximum absolute atomic E-state index is 15.6. The zero-order valence-electron chi connectivity index (χ0n) is 24.1. The molecule has 1 atom stereocenters. The molecule has 2 N–H and O–H groups in total. The minimum Gasteiger partial charge on any atom is -0.478 e. The predicted octanol–water partition coefficient (Wildman–Crippen LogP) is 9.19. The molecule has 6 nitrogen and oxygen atoms in total. The van der Waals surface area contributed by atoms with E-state index in [1.807, 2.05) is 0 Å². The topological polar surface area (TPSA) is 88.5 Å². The first-order valence-corrected chi connectivity index (χ1v) is 15.0. The molecule has 1 heterocycles. The molecule has 2 aromatic carbocycles. The molecular formula is C32H37F3N2O4S. The molecule has 0 radical (unpaired) electrons. The first-order chi connectivity index (χ1) is 20.2. The van der Waals surface area contributed by atoms with Crippen molar-refractivity contribution in [3.63, 3.8) is 0 Å². The molecule has 0 aliphatic rings. The van der Waals surface area contributed by atoms with Crippen LogP contribution in [0.1, 0.15) is 99.2 Å². The number of carbonyl (C=O) groups excluding carboxylic acids is 1. The van der Waals surface area contributed by atoms with Crippen LogP contribution in [0.15, 0.2) is 41.3 Å². The average Bonchev–Trinajstić information content (AvgIpc) is 3.42. The molecule has 1 unspecified atom stereocenters. The van der Waals surface area contributed by atoms with Gasteiger partial charge in [0.1, 0.15) is 17.5 Å². The summed E-state index contributed by atoms with van der Waals surface area (Å²) in [4.78, 5) is 28.0. The molecular weight excluding hydrogens is 565 g/mol. The van der Waals surface area contributed by atoms with Crippen molar-refractivity contribution in [3.05, 3.63) is 75.4 Å². The molecule has 10 heteroatoms. The molecule has 0 fully saturated rings. The molecule has 0 spiro atoms. The fraction of sp³-hybridized carbons (Fsp3) is 0.406. The number of nitrogens with one attached hydrogen (secondary N) is 1. The van der Waals surface area contributed by atoms with E-state index in [1.54, 1.807) is 30.7 Å². The van der Waals surface area contributed by atoms with Gasteiger partial charge in [-0.1, -0.05) is 70.4 Å². The van der Waals surface area contributed by atoms with Crippen LogP contribution in [0.5, 0.6) is 0 Å². The highest BCUT2D eigenvalue weighted by molar-refractivity contribution is 7.14. The van der Waals surface area contributed by atoms with E-state index in [1.165, 1.54) is 39.0 Å². The number of unbranched alkanes of at least 4 members (excludes halogenated alkanes) is 7. The third kappa shape index (κ3) is 9.00. The van der Waals surface area contributed by atoms with E-state index in [2.05, 4.69) is 17.2 Å². The number of amides is 1. The molecule has 1 aromatic heterocycles. The number of hydrogen-bond acceptors (Lipinski definition) is 5. The molecule has 0 aliphatic heterocycles. The summed E-state index contributed by atoms with van der Waals surface area (Å²) in [6.45, 7) is 3.40. The number of hydrogen-bond donors (Lipinski definition) is 2. The first kappa shape index (κ1) is 33.0. The Labute approximate surface area is 248 Å². The van der Waals surface area contributed by atoms with Gasteiger partial charge in [-0.25, -0.2) is 22.9 Å². The Kier molecular flexibility index (Phi) is 12.7. The lowest BCUT2D eigenvalue weighted by Gasteiger charge is -2.17. The summed E-state index contributed by atoms with van der Waals surface area (Å²) in [5.41, 5.74) is -0.141. The number of methoxy groups -OCH3 is 1. The van der Waals surface area contributed by atoms with E-state index >= 15 is 4.39 Å². The van der Waals surface area contributed by atoms with Gasteiger partial charge in [0.2, 0.25) is 0 Å². The van der Waals surface area contributed by atoms with Crippen molar-refractivity contribution in [2.24, 2.45) is 0 Å². The molecule has 1 amide bonds. The maximum Gasteiger partial charge on any atom is 0.331 e. The zero-order valence-corrected chi connectivity index (χ0v) is 25.0. The Morgan fingerprint density at radius 3 is 2.31 bits per heavy atom. The number of aromatic nitrogens is 1. The first-order valence-electron chi connectivity index (χ1n) is 14.1. The van der Waals surface area contributed by atoms with Crippen molar-refractivity contribution in [2.75, 3.05) is 12.4 Å². The highest BCUT2D eigenvalue weighted by atomic mass is 32.1. The van der Waals surface area contributed by atoms with Gasteiger partial charge in [0.05, 0.1) is 11.8 Å². The van der Waals surface area contributed by atoms with Crippen LogP contribution in [0.2, 0.25) is 0 Å². The van der Waals surface area contributed by atoms with Crippen LogP contribution in [0, 0.1) is 17.5 Å². The molecule has 226 valence electrons. The fourth-order valence-corrected chi connectivity index (χ4v) is 5.32. The van der Waals surface area contributed by atoms with Crippen LogP contribution < -0.4 is 5.32 Å². The summed E-state index contributed by atoms with van der Waals surface area (Å²) in [5, 5.41) is 13.1. The molecule has 0 saturated heterocycles. The lowest BCUT2D eigenvalue weighted by Crippen LogP contribution is -2.13. The Bertz CT molecular complexity index is 1380. The quantitative estimate of drug-likeness (QED) is 0.126. The number of aliphatic carboxylic acids is 1. The van der Waals surface area contributed by atoms with Crippen LogP contribution in [0.3, 0.4) is 0 Å². The van der Waals surface area contributed by atoms with E-state index < -0.39 is 41.0 Å². The number of carboxylic acid groups (broad SMARTS) is 1. The van der Waals surface area contributed by atoms with Gasteiger partial charge in [0, 0.05) is 40.3 Å². The Balaban J connectivity index is 1.67. The molecule has 0 aliphatic carbocycles. The molecule has 3 rings (SSSR count). The lowest BCUT2D eigenvalue weighted by molar-refractivity contribution is -0.132. The SMILES string of the molecule is CCCCCCCCCCC(OC)c1cccc(-c2csc(NC(=O)c3cc(F)c(/C=C(\C)C(=O)O)c(F)c3)n2)c1F. The van der Waals surface area contributed by atoms with Crippen LogP contribution in [-0.4, -0.2) is 29.1 Å². The summed E-state index contributed by atoms with van der Waals surface area (Å²) in [6, 6.07) is 6.66. The Hall–Kier alpha value is -3.50. The second-order valence-corrected chi connectivity index (χ2v) is 11.0. The highest BCUT2D eigenvalue weighted by Crippen LogP contribution is 2.33. The number of carboxylic acids is 1. The second kappa shape index (κ2) is 16.2. The van der Waals surface area contributed by atoms with Crippen molar-refractivity contribution in [1.29, 1.82) is 0 Å². The minimum atomic E-state index is -1.32. The predicted molar refractivity (Wildman–Crippen MR) is 160 cm³/mol. The average molecular weight is 603 g/mol. The van der Waals surface area contributed by atoms with Crippen LogP contribution in [0.25, 0.3) is 17.3 Å². The summed E-state index contributed by atoms with van der Waals surface area (Å²) in [6.07, 6.45) is 10.5. The van der Waals surface area contributed by atoms with Gasteiger partial charge in [0.15, 0.2) is 5.13 Å². The van der Waals surface area contributed by atoms with Gasteiger partial charge in [0.25, 0.3) is 5.91 Å². The van der Waals surface area contributed by atoms with Crippen molar-refractivity contribution in [2.45, 2.75) is 77.7 Å². The standard InChI is InChI=1S/C32H37F3N2O4S/c1-4-5-6-7-8-9-10-11-15-28(41-3)23-14-12-13-22(29(23)35)27-19-42-32(36-27)37-30(38)21-17-25(33)24(26(34)18-21)16-20(2)31(39)40/h12-14,16-19,28H,4-11,15H2,1-3H3,(H,39,40)(H,36,37,38)/b20-16+. The molecule has 0 bridgehead atoms. The van der Waals surface area contributed by atoms with E-state index in [4.69, 9.17) is 9.84 Å². The van der Waals surface area contributed by atoms with E-state index in [0.717, 1.165) is 48.8 Å². The maximum atomic E-state index is 15.6. The fourth-order valence-electron chi connectivity index (χ4n) is 4.62. The summed E-state index contributed by atoms with van der Waals surface area (Å²) < 4.78 is 50.2.